The Morgan fingerprint density at radius 1 is 1.21 bits per heavy atom. The maximum atomic E-state index is 5.37. The van der Waals surface area contributed by atoms with Gasteiger partial charge in [0, 0.05) is 7.11 Å². The van der Waals surface area contributed by atoms with E-state index in [4.69, 9.17) is 9.47 Å². The van der Waals surface area contributed by atoms with Crippen molar-refractivity contribution in [1.82, 2.24) is 4.90 Å². The van der Waals surface area contributed by atoms with Gasteiger partial charge >= 0.3 is 0 Å². The van der Waals surface area contributed by atoms with Gasteiger partial charge in [0.2, 0.25) is 0 Å². The molecule has 1 aromatic rings. The van der Waals surface area contributed by atoms with E-state index in [2.05, 4.69) is 0 Å². The van der Waals surface area contributed by atoms with E-state index in [1.165, 1.54) is 0 Å². The first kappa shape index (κ1) is 11.0. The van der Waals surface area contributed by atoms with Crippen LogP contribution in [-0.2, 0) is 4.74 Å². The first-order valence-corrected chi connectivity index (χ1v) is 4.52. The first-order valence-electron chi connectivity index (χ1n) is 4.52. The SMILES string of the molecule is COc1cccc(C(OC)N(C)C)c1. The standard InChI is InChI=1S/C11H17NO2/c1-12(2)11(14-4)9-6-5-7-10(8-9)13-3/h5-8,11H,1-4H3. The molecule has 1 unspecified atom stereocenters. The quantitative estimate of drug-likeness (QED) is 0.685. The van der Waals surface area contributed by atoms with Crippen LogP contribution in [0.4, 0.5) is 0 Å². The summed E-state index contributed by atoms with van der Waals surface area (Å²) in [6.45, 7) is 0. The average Bonchev–Trinajstić information content (AvgIpc) is 2.19. The zero-order valence-corrected chi connectivity index (χ0v) is 9.15. The summed E-state index contributed by atoms with van der Waals surface area (Å²) in [7, 11) is 7.32. The molecular weight excluding hydrogens is 178 g/mol. The van der Waals surface area contributed by atoms with Crippen LogP contribution in [0.2, 0.25) is 0 Å². The molecule has 0 saturated heterocycles. The summed E-state index contributed by atoms with van der Waals surface area (Å²) in [5.74, 6) is 0.853. The van der Waals surface area contributed by atoms with Gasteiger partial charge in [-0.3, -0.25) is 4.90 Å². The van der Waals surface area contributed by atoms with Crippen LogP contribution in [-0.4, -0.2) is 33.2 Å². The van der Waals surface area contributed by atoms with Crippen molar-refractivity contribution in [1.29, 1.82) is 0 Å². The zero-order chi connectivity index (χ0) is 10.6. The number of rotatable bonds is 4. The number of methoxy groups -OCH3 is 2. The van der Waals surface area contributed by atoms with Crippen molar-refractivity contribution < 1.29 is 9.47 Å². The van der Waals surface area contributed by atoms with E-state index in [0.29, 0.717) is 0 Å². The Morgan fingerprint density at radius 3 is 2.43 bits per heavy atom. The molecular formula is C11H17NO2. The van der Waals surface area contributed by atoms with E-state index in [9.17, 15) is 0 Å². The fourth-order valence-corrected chi connectivity index (χ4v) is 1.44. The third-order valence-electron chi connectivity index (χ3n) is 2.07. The summed E-state index contributed by atoms with van der Waals surface area (Å²) in [5.41, 5.74) is 1.09. The second-order valence-corrected chi connectivity index (χ2v) is 3.33. The molecule has 78 valence electrons. The lowest BCUT2D eigenvalue weighted by Crippen LogP contribution is -2.21. The minimum atomic E-state index is -0.0231. The molecule has 14 heavy (non-hydrogen) atoms. The van der Waals surface area contributed by atoms with E-state index >= 15 is 0 Å². The van der Waals surface area contributed by atoms with Crippen molar-refractivity contribution in [2.45, 2.75) is 6.23 Å². The fourth-order valence-electron chi connectivity index (χ4n) is 1.44. The van der Waals surface area contributed by atoms with Gasteiger partial charge in [-0.05, 0) is 31.8 Å². The van der Waals surface area contributed by atoms with Gasteiger partial charge in [-0.15, -0.1) is 0 Å². The molecule has 0 aromatic heterocycles. The highest BCUT2D eigenvalue weighted by molar-refractivity contribution is 5.29. The first-order chi connectivity index (χ1) is 6.69. The molecule has 1 atom stereocenters. The minimum absolute atomic E-state index is 0.0231. The van der Waals surface area contributed by atoms with Gasteiger partial charge < -0.3 is 9.47 Å². The molecule has 0 radical (unpaired) electrons. The molecule has 0 bridgehead atoms. The summed E-state index contributed by atoms with van der Waals surface area (Å²) in [6, 6.07) is 7.89. The third kappa shape index (κ3) is 2.47. The molecule has 3 nitrogen and oxygen atoms in total. The normalized spacial score (nSPS) is 12.9. The van der Waals surface area contributed by atoms with Crippen molar-refractivity contribution in [3.63, 3.8) is 0 Å². The van der Waals surface area contributed by atoms with Crippen molar-refractivity contribution in [2.75, 3.05) is 28.3 Å². The maximum Gasteiger partial charge on any atom is 0.136 e. The number of ether oxygens (including phenoxy) is 2. The van der Waals surface area contributed by atoms with Gasteiger partial charge in [-0.25, -0.2) is 0 Å². The molecule has 0 aliphatic rings. The molecule has 0 N–H and O–H groups in total. The van der Waals surface area contributed by atoms with Crippen LogP contribution in [0.15, 0.2) is 24.3 Å². The van der Waals surface area contributed by atoms with Crippen LogP contribution in [0.25, 0.3) is 0 Å². The van der Waals surface area contributed by atoms with Crippen molar-refractivity contribution >= 4 is 0 Å². The highest BCUT2D eigenvalue weighted by Crippen LogP contribution is 2.22. The van der Waals surface area contributed by atoms with Crippen molar-refractivity contribution in [3.8, 4) is 5.75 Å². The van der Waals surface area contributed by atoms with Gasteiger partial charge in [0.05, 0.1) is 7.11 Å². The summed E-state index contributed by atoms with van der Waals surface area (Å²) in [5, 5.41) is 0. The highest BCUT2D eigenvalue weighted by atomic mass is 16.5. The lowest BCUT2D eigenvalue weighted by atomic mass is 10.2. The molecule has 0 aliphatic heterocycles. The topological polar surface area (TPSA) is 21.7 Å². The van der Waals surface area contributed by atoms with E-state index in [1.807, 2.05) is 43.3 Å². The molecule has 3 heteroatoms. The lowest BCUT2D eigenvalue weighted by Gasteiger charge is -2.23. The summed E-state index contributed by atoms with van der Waals surface area (Å²) in [6.07, 6.45) is -0.0231. The molecule has 0 heterocycles. The Hall–Kier alpha value is -1.06. The van der Waals surface area contributed by atoms with E-state index in [-0.39, 0.29) is 6.23 Å². The van der Waals surface area contributed by atoms with Gasteiger partial charge in [0.1, 0.15) is 12.0 Å². The Kier molecular flexibility index (Phi) is 3.92. The molecule has 0 fully saturated rings. The number of hydrogen-bond acceptors (Lipinski definition) is 3. The van der Waals surface area contributed by atoms with E-state index in [0.717, 1.165) is 11.3 Å². The van der Waals surface area contributed by atoms with E-state index < -0.39 is 0 Å². The molecule has 1 rings (SSSR count). The molecule has 1 aromatic carbocycles. The average molecular weight is 195 g/mol. The predicted octanol–water partition coefficient (Wildman–Crippen LogP) is 1.90. The van der Waals surface area contributed by atoms with Crippen LogP contribution in [0, 0.1) is 0 Å². The maximum absolute atomic E-state index is 5.37. The van der Waals surface area contributed by atoms with E-state index in [1.54, 1.807) is 14.2 Å². The van der Waals surface area contributed by atoms with Crippen LogP contribution >= 0.6 is 0 Å². The van der Waals surface area contributed by atoms with Crippen molar-refractivity contribution in [2.24, 2.45) is 0 Å². The largest absolute Gasteiger partial charge is 0.497 e. The zero-order valence-electron chi connectivity index (χ0n) is 9.15. The van der Waals surface area contributed by atoms with Gasteiger partial charge in [-0.1, -0.05) is 12.1 Å². The Balaban J connectivity index is 2.92. The summed E-state index contributed by atoms with van der Waals surface area (Å²) >= 11 is 0. The molecule has 0 amide bonds. The summed E-state index contributed by atoms with van der Waals surface area (Å²) < 4.78 is 10.5. The van der Waals surface area contributed by atoms with Gasteiger partial charge in [-0.2, -0.15) is 0 Å². The molecule has 0 spiro atoms. The lowest BCUT2D eigenvalue weighted by molar-refractivity contribution is -0.00552. The second kappa shape index (κ2) is 4.98. The highest BCUT2D eigenvalue weighted by Gasteiger charge is 2.12. The van der Waals surface area contributed by atoms with Gasteiger partial charge in [0.25, 0.3) is 0 Å². The predicted molar refractivity (Wildman–Crippen MR) is 56.4 cm³/mol. The number of nitrogens with zero attached hydrogens (tertiary/aromatic N) is 1. The Labute approximate surface area is 85.2 Å². The number of benzene rings is 1. The Morgan fingerprint density at radius 2 is 1.93 bits per heavy atom. The molecule has 0 saturated carbocycles. The van der Waals surface area contributed by atoms with Crippen LogP contribution < -0.4 is 4.74 Å². The number of hydrogen-bond donors (Lipinski definition) is 0. The van der Waals surface area contributed by atoms with Crippen LogP contribution in [0.1, 0.15) is 11.8 Å². The third-order valence-corrected chi connectivity index (χ3v) is 2.07. The van der Waals surface area contributed by atoms with Gasteiger partial charge in [0.15, 0.2) is 0 Å². The van der Waals surface area contributed by atoms with Crippen LogP contribution in [0.5, 0.6) is 5.75 Å². The monoisotopic (exact) mass is 195 g/mol. The second-order valence-electron chi connectivity index (χ2n) is 3.33. The minimum Gasteiger partial charge on any atom is -0.497 e. The molecule has 0 aliphatic carbocycles. The Bertz CT molecular complexity index is 286. The fraction of sp³-hybridized carbons (Fsp3) is 0.455. The van der Waals surface area contributed by atoms with Crippen molar-refractivity contribution in [3.05, 3.63) is 29.8 Å². The summed E-state index contributed by atoms with van der Waals surface area (Å²) in [4.78, 5) is 2.01. The smallest absolute Gasteiger partial charge is 0.136 e. The van der Waals surface area contributed by atoms with Crippen LogP contribution in [0.3, 0.4) is 0 Å².